The summed E-state index contributed by atoms with van der Waals surface area (Å²) in [6.07, 6.45) is -0.820. The Labute approximate surface area is 190 Å². The van der Waals surface area contributed by atoms with Gasteiger partial charge in [0.05, 0.1) is 0 Å². The van der Waals surface area contributed by atoms with Gasteiger partial charge >= 0.3 is 19.5 Å². The Morgan fingerprint density at radius 3 is 0.677 bits per heavy atom. The molecule has 174 valence electrons. The van der Waals surface area contributed by atoms with E-state index in [2.05, 4.69) is 0 Å². The van der Waals surface area contributed by atoms with E-state index in [0.717, 1.165) is 0 Å². The Kier molecular flexibility index (Phi) is 23.3. The van der Waals surface area contributed by atoms with Crippen LogP contribution in [0.3, 0.4) is 0 Å². The van der Waals surface area contributed by atoms with Gasteiger partial charge in [0.1, 0.15) is 35.3 Å². The van der Waals surface area contributed by atoms with E-state index in [1.54, 1.807) is 0 Å². The van der Waals surface area contributed by atoms with Crippen molar-refractivity contribution in [1.82, 2.24) is 0 Å². The van der Waals surface area contributed by atoms with Crippen LogP contribution in [-0.4, -0.2) is 52.6 Å². The van der Waals surface area contributed by atoms with Gasteiger partial charge in [0.15, 0.2) is 17.3 Å². The molecule has 0 amide bonds. The SMILES string of the molecule is CC(=O)CCC(=O)C(=O)[O-].CC(=O)CCC(=O)C(=O)[O-].CC(=O)CCC(=O)C(=O)[O-].[Rh+3]. The molecular formula is C18H21O12Rh. The summed E-state index contributed by atoms with van der Waals surface area (Å²) in [5.74, 6) is -8.82. The maximum absolute atomic E-state index is 10.2. The monoisotopic (exact) mass is 532 g/mol. The largest absolute Gasteiger partial charge is 3.00 e. The second-order valence-electron chi connectivity index (χ2n) is 5.74. The second kappa shape index (κ2) is 20.3. The summed E-state index contributed by atoms with van der Waals surface area (Å²) >= 11 is 0. The maximum atomic E-state index is 10.2. The van der Waals surface area contributed by atoms with Gasteiger partial charge in [-0.3, -0.25) is 14.4 Å². The van der Waals surface area contributed by atoms with Crippen LogP contribution in [0, 0.1) is 0 Å². The molecule has 0 spiro atoms. The van der Waals surface area contributed by atoms with Crippen molar-refractivity contribution in [3.8, 4) is 0 Å². The van der Waals surface area contributed by atoms with E-state index >= 15 is 0 Å². The van der Waals surface area contributed by atoms with Crippen LogP contribution in [0.2, 0.25) is 0 Å². The quantitative estimate of drug-likeness (QED) is 0.173. The Balaban J connectivity index is -0.000000174. The van der Waals surface area contributed by atoms with Gasteiger partial charge in [0.2, 0.25) is 0 Å². The molecule has 31 heavy (non-hydrogen) atoms. The van der Waals surface area contributed by atoms with Gasteiger partial charge in [-0.25, -0.2) is 0 Å². The first-order chi connectivity index (χ1) is 13.6. The van der Waals surface area contributed by atoms with Gasteiger partial charge in [0.25, 0.3) is 0 Å². The number of hydrogen-bond acceptors (Lipinski definition) is 12. The van der Waals surface area contributed by atoms with Crippen molar-refractivity contribution < 1.29 is 77.9 Å². The molecule has 0 saturated heterocycles. The van der Waals surface area contributed by atoms with Crippen LogP contribution >= 0.6 is 0 Å². The van der Waals surface area contributed by atoms with E-state index in [1.165, 1.54) is 20.8 Å². The molecule has 13 heteroatoms. The van der Waals surface area contributed by atoms with Crippen molar-refractivity contribution in [2.45, 2.75) is 59.3 Å². The molecule has 0 aromatic heterocycles. The smallest absolute Gasteiger partial charge is 0.542 e. The third-order valence-corrected chi connectivity index (χ3v) is 2.80. The molecule has 0 aromatic carbocycles. The number of Topliss-reactive ketones (excluding diaryl/α,β-unsaturated/α-hetero) is 6. The third kappa shape index (κ3) is 29.3. The molecule has 0 N–H and O–H groups in total. The zero-order valence-electron chi connectivity index (χ0n) is 17.0. The van der Waals surface area contributed by atoms with Gasteiger partial charge in [-0.2, -0.15) is 0 Å². The van der Waals surface area contributed by atoms with Crippen LogP contribution in [0.4, 0.5) is 0 Å². The summed E-state index contributed by atoms with van der Waals surface area (Å²) in [5, 5.41) is 29.2. The van der Waals surface area contributed by atoms with Gasteiger partial charge in [0, 0.05) is 38.5 Å². The number of hydrogen-bond donors (Lipinski definition) is 0. The summed E-state index contributed by atoms with van der Waals surface area (Å²) in [6, 6.07) is 0. The Hall–Kier alpha value is -2.95. The molecule has 0 atom stereocenters. The molecule has 0 aliphatic carbocycles. The number of aliphatic carboxylic acids is 3. The summed E-state index contributed by atoms with van der Waals surface area (Å²) in [7, 11) is 0. The van der Waals surface area contributed by atoms with E-state index in [9.17, 15) is 58.5 Å². The van der Waals surface area contributed by atoms with E-state index in [0.29, 0.717) is 0 Å². The van der Waals surface area contributed by atoms with E-state index in [1.807, 2.05) is 0 Å². The number of carboxylic acid groups (broad SMARTS) is 3. The number of carbonyl (C=O) groups is 9. The first kappa shape index (κ1) is 35.5. The predicted molar refractivity (Wildman–Crippen MR) is 89.8 cm³/mol. The minimum atomic E-state index is -1.72. The molecular weight excluding hydrogens is 511 g/mol. The van der Waals surface area contributed by atoms with Gasteiger partial charge in [-0.1, -0.05) is 0 Å². The zero-order valence-corrected chi connectivity index (χ0v) is 18.6. The molecule has 12 nitrogen and oxygen atoms in total. The van der Waals surface area contributed by atoms with Crippen molar-refractivity contribution in [2.75, 3.05) is 0 Å². The minimum absolute atomic E-state index is 0. The molecule has 0 heterocycles. The second-order valence-corrected chi connectivity index (χ2v) is 5.74. The van der Waals surface area contributed by atoms with Crippen LogP contribution in [0.15, 0.2) is 0 Å². The topological polar surface area (TPSA) is 223 Å². The number of rotatable bonds is 12. The average molecular weight is 532 g/mol. The summed E-state index contributed by atoms with van der Waals surface area (Å²) in [4.78, 5) is 90.5. The van der Waals surface area contributed by atoms with Crippen molar-refractivity contribution in [3.63, 3.8) is 0 Å². The summed E-state index contributed by atoms with van der Waals surface area (Å²) in [6.45, 7) is 3.88. The summed E-state index contributed by atoms with van der Waals surface area (Å²) in [5.41, 5.74) is 0. The molecule has 0 unspecified atom stereocenters. The van der Waals surface area contributed by atoms with Crippen molar-refractivity contribution >= 4 is 52.6 Å². The Morgan fingerprint density at radius 2 is 0.581 bits per heavy atom. The first-order valence-corrected chi connectivity index (χ1v) is 8.32. The van der Waals surface area contributed by atoms with E-state index < -0.39 is 35.3 Å². The molecule has 0 aliphatic heterocycles. The number of carbonyl (C=O) groups excluding carboxylic acids is 9. The molecule has 0 radical (unpaired) electrons. The predicted octanol–water partition coefficient (Wildman–Crippen LogP) is -3.98. The first-order valence-electron chi connectivity index (χ1n) is 8.32. The molecule has 0 aromatic rings. The van der Waals surface area contributed by atoms with Gasteiger partial charge in [-0.15, -0.1) is 0 Å². The van der Waals surface area contributed by atoms with Crippen molar-refractivity contribution in [1.29, 1.82) is 0 Å². The van der Waals surface area contributed by atoms with Gasteiger partial charge < -0.3 is 44.1 Å². The fourth-order valence-electron chi connectivity index (χ4n) is 1.17. The fourth-order valence-corrected chi connectivity index (χ4v) is 1.17. The van der Waals surface area contributed by atoms with Crippen molar-refractivity contribution in [2.24, 2.45) is 0 Å². The Morgan fingerprint density at radius 1 is 0.419 bits per heavy atom. The fraction of sp³-hybridized carbons (Fsp3) is 0.500. The molecule has 0 fully saturated rings. The van der Waals surface area contributed by atoms with Crippen LogP contribution < -0.4 is 15.3 Å². The Bertz CT molecular complexity index is 613. The maximum Gasteiger partial charge on any atom is 3.00 e. The van der Waals surface area contributed by atoms with Gasteiger partial charge in [-0.05, 0) is 20.8 Å². The van der Waals surface area contributed by atoms with Crippen LogP contribution in [0.1, 0.15) is 59.3 Å². The number of carboxylic acids is 3. The third-order valence-electron chi connectivity index (χ3n) is 2.80. The van der Waals surface area contributed by atoms with E-state index in [4.69, 9.17) is 0 Å². The van der Waals surface area contributed by atoms with E-state index in [-0.39, 0.29) is 75.4 Å². The van der Waals surface area contributed by atoms with Crippen LogP contribution in [0.25, 0.3) is 0 Å². The number of ketones is 6. The van der Waals surface area contributed by atoms with Crippen LogP contribution in [-0.2, 0) is 62.6 Å². The molecule has 0 bridgehead atoms. The summed E-state index contributed by atoms with van der Waals surface area (Å²) < 4.78 is 0. The normalized spacial score (nSPS) is 8.61. The average Bonchev–Trinajstić information content (AvgIpc) is 2.62. The standard InChI is InChI=1S/3C6H8O4.Rh/c3*1-4(7)2-3-5(8)6(9)10;/h3*2-3H2,1H3,(H,9,10);/q;;;+3/p-3. The molecule has 0 aliphatic rings. The van der Waals surface area contributed by atoms with Crippen LogP contribution in [0.5, 0.6) is 0 Å². The minimum Gasteiger partial charge on any atom is -0.542 e. The molecule has 0 rings (SSSR count). The molecule has 0 saturated carbocycles. The zero-order chi connectivity index (χ0) is 24.4. The van der Waals surface area contributed by atoms with Crippen molar-refractivity contribution in [3.05, 3.63) is 0 Å².